The standard InChI is InChI=1S/C21H26N2O3S/c1-27-18-6-4-16(5-7-18)15-21(12-9-20(25)23-21)11-8-19(24)22-13-10-17-3-2-14-26-17/h2-7,14H,8-13,15H2,1H3,(H,22,24)(H,23,25). The lowest BCUT2D eigenvalue weighted by molar-refractivity contribution is -0.122. The minimum Gasteiger partial charge on any atom is -0.469 e. The SMILES string of the molecule is CSc1ccc(CC2(CCC(=O)NCCc3ccco3)CCC(=O)N2)cc1. The third kappa shape index (κ3) is 5.63. The molecule has 2 amide bonds. The fourth-order valence-corrected chi connectivity index (χ4v) is 3.95. The van der Waals surface area contributed by atoms with Crippen LogP contribution in [0.4, 0.5) is 0 Å². The predicted molar refractivity (Wildman–Crippen MR) is 107 cm³/mol. The van der Waals surface area contributed by atoms with Gasteiger partial charge in [-0.3, -0.25) is 9.59 Å². The number of nitrogens with one attached hydrogen (secondary N) is 2. The number of amides is 2. The molecule has 1 fully saturated rings. The first-order chi connectivity index (χ1) is 13.1. The van der Waals surface area contributed by atoms with Crippen molar-refractivity contribution in [3.05, 3.63) is 54.0 Å². The van der Waals surface area contributed by atoms with E-state index < -0.39 is 0 Å². The second kappa shape index (κ2) is 9.13. The second-order valence-corrected chi connectivity index (χ2v) is 7.91. The Morgan fingerprint density at radius 3 is 2.74 bits per heavy atom. The van der Waals surface area contributed by atoms with Gasteiger partial charge in [0.15, 0.2) is 0 Å². The summed E-state index contributed by atoms with van der Waals surface area (Å²) in [4.78, 5) is 25.3. The summed E-state index contributed by atoms with van der Waals surface area (Å²) in [6.45, 7) is 0.557. The summed E-state index contributed by atoms with van der Waals surface area (Å²) in [7, 11) is 0. The van der Waals surface area contributed by atoms with Gasteiger partial charge in [-0.15, -0.1) is 11.8 Å². The van der Waals surface area contributed by atoms with Crippen molar-refractivity contribution in [2.24, 2.45) is 0 Å². The number of hydrogen-bond donors (Lipinski definition) is 2. The van der Waals surface area contributed by atoms with E-state index in [-0.39, 0.29) is 17.4 Å². The van der Waals surface area contributed by atoms with E-state index in [1.165, 1.54) is 10.5 Å². The van der Waals surface area contributed by atoms with Crippen LogP contribution in [0, 0.1) is 0 Å². The van der Waals surface area contributed by atoms with E-state index in [1.807, 2.05) is 12.1 Å². The highest BCUT2D eigenvalue weighted by atomic mass is 32.2. The average Bonchev–Trinajstić information content (AvgIpc) is 3.31. The minimum absolute atomic E-state index is 0.0137. The lowest BCUT2D eigenvalue weighted by atomic mass is 9.85. The van der Waals surface area contributed by atoms with Gasteiger partial charge in [-0.25, -0.2) is 0 Å². The third-order valence-corrected chi connectivity index (χ3v) is 5.78. The largest absolute Gasteiger partial charge is 0.469 e. The van der Waals surface area contributed by atoms with E-state index in [0.717, 1.165) is 18.6 Å². The minimum atomic E-state index is -0.323. The molecule has 1 atom stereocenters. The molecular weight excluding hydrogens is 360 g/mol. The Labute approximate surface area is 164 Å². The Bertz CT molecular complexity index is 758. The van der Waals surface area contributed by atoms with Crippen LogP contribution in [0.5, 0.6) is 0 Å². The summed E-state index contributed by atoms with van der Waals surface area (Å²) in [6, 6.07) is 12.2. The molecule has 5 nitrogen and oxygen atoms in total. The van der Waals surface area contributed by atoms with Gasteiger partial charge in [-0.2, -0.15) is 0 Å². The number of carbonyl (C=O) groups is 2. The zero-order valence-electron chi connectivity index (χ0n) is 15.6. The molecule has 1 aromatic heterocycles. The molecule has 27 heavy (non-hydrogen) atoms. The van der Waals surface area contributed by atoms with Gasteiger partial charge in [-0.1, -0.05) is 12.1 Å². The highest BCUT2D eigenvalue weighted by Crippen LogP contribution is 2.30. The van der Waals surface area contributed by atoms with Crippen LogP contribution in [0.3, 0.4) is 0 Å². The Morgan fingerprint density at radius 2 is 2.11 bits per heavy atom. The second-order valence-electron chi connectivity index (χ2n) is 7.03. The molecule has 1 aromatic carbocycles. The smallest absolute Gasteiger partial charge is 0.220 e. The van der Waals surface area contributed by atoms with Crippen molar-refractivity contribution in [1.29, 1.82) is 0 Å². The number of furan rings is 1. The molecule has 1 unspecified atom stereocenters. The Hall–Kier alpha value is -2.21. The number of hydrogen-bond acceptors (Lipinski definition) is 4. The first-order valence-corrected chi connectivity index (χ1v) is 10.5. The fraction of sp³-hybridized carbons (Fsp3) is 0.429. The van der Waals surface area contributed by atoms with Gasteiger partial charge in [0.1, 0.15) is 5.76 Å². The lowest BCUT2D eigenvalue weighted by Gasteiger charge is -2.29. The first-order valence-electron chi connectivity index (χ1n) is 9.32. The summed E-state index contributed by atoms with van der Waals surface area (Å²) < 4.78 is 5.27. The van der Waals surface area contributed by atoms with Gasteiger partial charge in [0, 0.05) is 36.2 Å². The maximum Gasteiger partial charge on any atom is 0.220 e. The molecule has 1 aliphatic rings. The van der Waals surface area contributed by atoms with Gasteiger partial charge in [0.05, 0.1) is 6.26 Å². The highest BCUT2D eigenvalue weighted by molar-refractivity contribution is 7.98. The third-order valence-electron chi connectivity index (χ3n) is 5.04. The van der Waals surface area contributed by atoms with Gasteiger partial charge in [-0.05, 0) is 55.3 Å². The molecule has 6 heteroatoms. The molecule has 0 spiro atoms. The summed E-state index contributed by atoms with van der Waals surface area (Å²) in [5.41, 5.74) is 0.865. The fourth-order valence-electron chi connectivity index (χ4n) is 3.54. The van der Waals surface area contributed by atoms with Crippen LogP contribution in [0.25, 0.3) is 0 Å². The Kier molecular flexibility index (Phi) is 6.61. The average molecular weight is 387 g/mol. The number of rotatable bonds is 9. The van der Waals surface area contributed by atoms with E-state index >= 15 is 0 Å². The number of benzene rings is 1. The van der Waals surface area contributed by atoms with E-state index in [1.54, 1.807) is 18.0 Å². The van der Waals surface area contributed by atoms with Crippen molar-refractivity contribution in [2.45, 2.75) is 49.0 Å². The quantitative estimate of drug-likeness (QED) is 0.649. The molecule has 2 heterocycles. The molecular formula is C21H26N2O3S. The Balaban J connectivity index is 1.52. The topological polar surface area (TPSA) is 71.3 Å². The maximum absolute atomic E-state index is 12.2. The highest BCUT2D eigenvalue weighted by Gasteiger charge is 2.37. The van der Waals surface area contributed by atoms with Gasteiger partial charge in [0.25, 0.3) is 0 Å². The number of carbonyl (C=O) groups excluding carboxylic acids is 2. The van der Waals surface area contributed by atoms with Crippen molar-refractivity contribution in [2.75, 3.05) is 12.8 Å². The summed E-state index contributed by atoms with van der Waals surface area (Å²) in [6.07, 6.45) is 7.48. The summed E-state index contributed by atoms with van der Waals surface area (Å²) >= 11 is 1.71. The van der Waals surface area contributed by atoms with Crippen molar-refractivity contribution < 1.29 is 14.0 Å². The summed E-state index contributed by atoms with van der Waals surface area (Å²) in [5.74, 6) is 0.956. The molecule has 0 aliphatic carbocycles. The molecule has 0 saturated carbocycles. The maximum atomic E-state index is 12.2. The van der Waals surface area contributed by atoms with Crippen LogP contribution < -0.4 is 10.6 Å². The number of thioether (sulfide) groups is 1. The molecule has 0 radical (unpaired) electrons. The van der Waals surface area contributed by atoms with Gasteiger partial charge < -0.3 is 15.1 Å². The molecule has 1 saturated heterocycles. The van der Waals surface area contributed by atoms with E-state index in [4.69, 9.17) is 4.42 Å². The van der Waals surface area contributed by atoms with Crippen molar-refractivity contribution in [1.82, 2.24) is 10.6 Å². The predicted octanol–water partition coefficient (Wildman–Crippen LogP) is 3.33. The van der Waals surface area contributed by atoms with Crippen LogP contribution in [0.1, 0.15) is 37.0 Å². The zero-order valence-corrected chi connectivity index (χ0v) is 16.4. The molecule has 1 aliphatic heterocycles. The van der Waals surface area contributed by atoms with Crippen LogP contribution >= 0.6 is 11.8 Å². The first kappa shape index (κ1) is 19.5. The van der Waals surface area contributed by atoms with Crippen molar-refractivity contribution >= 4 is 23.6 Å². The van der Waals surface area contributed by atoms with Gasteiger partial charge >= 0.3 is 0 Å². The molecule has 2 N–H and O–H groups in total. The molecule has 0 bridgehead atoms. The van der Waals surface area contributed by atoms with Crippen LogP contribution in [0.2, 0.25) is 0 Å². The van der Waals surface area contributed by atoms with Crippen molar-refractivity contribution in [3.8, 4) is 0 Å². The molecule has 144 valence electrons. The van der Waals surface area contributed by atoms with E-state index in [2.05, 4.69) is 41.2 Å². The van der Waals surface area contributed by atoms with Crippen LogP contribution in [-0.2, 0) is 22.4 Å². The summed E-state index contributed by atoms with van der Waals surface area (Å²) in [5, 5.41) is 6.08. The van der Waals surface area contributed by atoms with Crippen molar-refractivity contribution in [3.63, 3.8) is 0 Å². The van der Waals surface area contributed by atoms with E-state index in [9.17, 15) is 9.59 Å². The van der Waals surface area contributed by atoms with Crippen LogP contribution in [0.15, 0.2) is 52.0 Å². The zero-order chi connectivity index (χ0) is 19.1. The van der Waals surface area contributed by atoms with Gasteiger partial charge in [0.2, 0.25) is 11.8 Å². The molecule has 2 aromatic rings. The lowest BCUT2D eigenvalue weighted by Crippen LogP contribution is -2.44. The van der Waals surface area contributed by atoms with Crippen LogP contribution in [-0.4, -0.2) is 30.2 Å². The normalized spacial score (nSPS) is 19.1. The monoisotopic (exact) mass is 386 g/mol. The Morgan fingerprint density at radius 1 is 1.30 bits per heavy atom. The van der Waals surface area contributed by atoms with E-state index in [0.29, 0.717) is 32.2 Å². The molecule has 3 rings (SSSR count).